The van der Waals surface area contributed by atoms with Crippen molar-refractivity contribution < 1.29 is 27.4 Å². The van der Waals surface area contributed by atoms with Gasteiger partial charge < -0.3 is 14.8 Å². The molecule has 0 spiro atoms. The van der Waals surface area contributed by atoms with E-state index in [9.17, 15) is 18.0 Å². The number of alkyl halides is 3. The van der Waals surface area contributed by atoms with Crippen LogP contribution in [0.5, 0.6) is 11.5 Å². The van der Waals surface area contributed by atoms with Crippen molar-refractivity contribution in [1.29, 1.82) is 0 Å². The van der Waals surface area contributed by atoms with E-state index in [1.54, 1.807) is 25.6 Å². The Labute approximate surface area is 194 Å². The fraction of sp³-hybridized carbons (Fsp3) is 0.154. The molecular weight excluding hydrogens is 445 g/mol. The van der Waals surface area contributed by atoms with Crippen molar-refractivity contribution >= 4 is 16.7 Å². The Morgan fingerprint density at radius 2 is 1.79 bits per heavy atom. The number of hydrogen-bond acceptors (Lipinski definition) is 4. The van der Waals surface area contributed by atoms with Crippen molar-refractivity contribution in [2.45, 2.75) is 19.3 Å². The molecule has 8 heteroatoms. The van der Waals surface area contributed by atoms with E-state index in [0.717, 1.165) is 33.2 Å². The standard InChI is InChI=1S/C26H21F3N2O3/c1-33-20-7-4-6-17(13-20)21-10-9-19(23-16-30-12-11-22(21)23)15-31-25(32)14-18-5-2-3-8-24(18)34-26(27,28)29/h2-13,16H,14-15H2,1H3,(H,31,32). The molecule has 0 unspecified atom stereocenters. The predicted octanol–water partition coefficient (Wildman–Crippen LogP) is 5.67. The van der Waals surface area contributed by atoms with Gasteiger partial charge in [0.25, 0.3) is 0 Å². The number of nitrogens with zero attached hydrogens (tertiary/aromatic N) is 1. The lowest BCUT2D eigenvalue weighted by atomic mass is 9.96. The summed E-state index contributed by atoms with van der Waals surface area (Å²) in [6, 6.07) is 19.1. The second kappa shape index (κ2) is 9.82. The Morgan fingerprint density at radius 1 is 0.971 bits per heavy atom. The fourth-order valence-corrected chi connectivity index (χ4v) is 3.75. The number of ether oxygens (including phenoxy) is 2. The number of hydrogen-bond donors (Lipinski definition) is 1. The predicted molar refractivity (Wildman–Crippen MR) is 122 cm³/mol. The fourth-order valence-electron chi connectivity index (χ4n) is 3.75. The number of amides is 1. The Kier molecular flexibility index (Phi) is 6.67. The normalized spacial score (nSPS) is 11.3. The molecule has 1 N–H and O–H groups in total. The van der Waals surface area contributed by atoms with E-state index in [0.29, 0.717) is 0 Å². The zero-order valence-electron chi connectivity index (χ0n) is 18.2. The highest BCUT2D eigenvalue weighted by Gasteiger charge is 2.32. The minimum absolute atomic E-state index is 0.150. The highest BCUT2D eigenvalue weighted by Crippen LogP contribution is 2.32. The van der Waals surface area contributed by atoms with Gasteiger partial charge in [-0.2, -0.15) is 0 Å². The van der Waals surface area contributed by atoms with Crippen LogP contribution in [-0.2, 0) is 17.8 Å². The quantitative estimate of drug-likeness (QED) is 0.381. The molecule has 0 aliphatic rings. The van der Waals surface area contributed by atoms with Gasteiger partial charge >= 0.3 is 6.36 Å². The Morgan fingerprint density at radius 3 is 2.59 bits per heavy atom. The van der Waals surface area contributed by atoms with E-state index in [-0.39, 0.29) is 24.3 Å². The molecule has 0 atom stereocenters. The highest BCUT2D eigenvalue weighted by molar-refractivity contribution is 5.98. The van der Waals surface area contributed by atoms with E-state index in [2.05, 4.69) is 15.0 Å². The van der Waals surface area contributed by atoms with Crippen molar-refractivity contribution in [3.63, 3.8) is 0 Å². The SMILES string of the molecule is COc1cccc(-c2ccc(CNC(=O)Cc3ccccc3OC(F)(F)F)c3cnccc23)c1. The first-order valence-electron chi connectivity index (χ1n) is 10.4. The molecule has 5 nitrogen and oxygen atoms in total. The number of pyridine rings is 1. The minimum atomic E-state index is -4.83. The number of nitrogens with one attached hydrogen (secondary N) is 1. The second-order valence-electron chi connectivity index (χ2n) is 7.53. The number of rotatable bonds is 7. The molecule has 0 aliphatic carbocycles. The molecule has 4 aromatic rings. The number of carbonyl (C=O) groups is 1. The zero-order valence-corrected chi connectivity index (χ0v) is 18.2. The molecule has 0 saturated carbocycles. The molecular formula is C26H21F3N2O3. The molecule has 4 rings (SSSR count). The van der Waals surface area contributed by atoms with Gasteiger partial charge in [0.1, 0.15) is 11.5 Å². The summed E-state index contributed by atoms with van der Waals surface area (Å²) in [6.07, 6.45) is -1.65. The molecule has 0 saturated heterocycles. The van der Waals surface area contributed by atoms with Crippen LogP contribution in [0.1, 0.15) is 11.1 Å². The molecule has 174 valence electrons. The number of halogens is 3. The maximum absolute atomic E-state index is 12.6. The zero-order chi connectivity index (χ0) is 24.1. The average molecular weight is 466 g/mol. The van der Waals surface area contributed by atoms with Gasteiger partial charge in [0.05, 0.1) is 13.5 Å². The van der Waals surface area contributed by atoms with Crippen molar-refractivity contribution in [1.82, 2.24) is 10.3 Å². The van der Waals surface area contributed by atoms with Gasteiger partial charge in [-0.1, -0.05) is 42.5 Å². The second-order valence-corrected chi connectivity index (χ2v) is 7.53. The lowest BCUT2D eigenvalue weighted by Gasteiger charge is -2.14. The molecule has 34 heavy (non-hydrogen) atoms. The van der Waals surface area contributed by atoms with Gasteiger partial charge in [-0.25, -0.2) is 0 Å². The van der Waals surface area contributed by atoms with E-state index >= 15 is 0 Å². The maximum atomic E-state index is 12.6. The summed E-state index contributed by atoms with van der Waals surface area (Å²) < 4.78 is 47.3. The van der Waals surface area contributed by atoms with Crippen molar-refractivity contribution in [3.05, 3.63) is 90.3 Å². The summed E-state index contributed by atoms with van der Waals surface area (Å²) in [7, 11) is 1.61. The molecule has 0 radical (unpaired) electrons. The van der Waals surface area contributed by atoms with Crippen LogP contribution in [0.2, 0.25) is 0 Å². The number of aromatic nitrogens is 1. The Bertz CT molecular complexity index is 1320. The van der Waals surface area contributed by atoms with E-state index in [1.807, 2.05) is 42.5 Å². The van der Waals surface area contributed by atoms with E-state index in [1.165, 1.54) is 18.2 Å². The summed E-state index contributed by atoms with van der Waals surface area (Å²) in [5, 5.41) is 4.61. The third-order valence-corrected chi connectivity index (χ3v) is 5.31. The van der Waals surface area contributed by atoms with Crippen LogP contribution < -0.4 is 14.8 Å². The first-order valence-corrected chi connectivity index (χ1v) is 10.4. The average Bonchev–Trinajstić information content (AvgIpc) is 2.83. The van der Waals surface area contributed by atoms with Crippen molar-refractivity contribution in [3.8, 4) is 22.6 Å². The summed E-state index contributed by atoms with van der Waals surface area (Å²) >= 11 is 0. The van der Waals surface area contributed by atoms with Crippen LogP contribution in [-0.4, -0.2) is 24.4 Å². The number of methoxy groups -OCH3 is 1. The molecule has 0 bridgehead atoms. The number of carbonyl (C=O) groups excluding carboxylic acids is 1. The maximum Gasteiger partial charge on any atom is 0.573 e. The van der Waals surface area contributed by atoms with Crippen LogP contribution in [0.25, 0.3) is 21.9 Å². The summed E-state index contributed by atoms with van der Waals surface area (Å²) in [5.41, 5.74) is 2.96. The highest BCUT2D eigenvalue weighted by atomic mass is 19.4. The monoisotopic (exact) mass is 466 g/mol. The van der Waals surface area contributed by atoms with Gasteiger partial charge in [0, 0.05) is 29.9 Å². The van der Waals surface area contributed by atoms with Gasteiger partial charge in [-0.15, -0.1) is 13.2 Å². The summed E-state index contributed by atoms with van der Waals surface area (Å²) in [5.74, 6) is -0.0691. The first kappa shape index (κ1) is 23.1. The van der Waals surface area contributed by atoms with Crippen molar-refractivity contribution in [2.75, 3.05) is 7.11 Å². The molecule has 1 aromatic heterocycles. The lowest BCUT2D eigenvalue weighted by molar-refractivity contribution is -0.274. The van der Waals surface area contributed by atoms with E-state index < -0.39 is 12.3 Å². The van der Waals surface area contributed by atoms with Crippen LogP contribution in [0.15, 0.2) is 79.1 Å². The summed E-state index contributed by atoms with van der Waals surface area (Å²) in [4.78, 5) is 16.7. The third-order valence-electron chi connectivity index (χ3n) is 5.31. The Balaban J connectivity index is 1.53. The lowest BCUT2D eigenvalue weighted by Crippen LogP contribution is -2.25. The van der Waals surface area contributed by atoms with E-state index in [4.69, 9.17) is 4.74 Å². The number of para-hydroxylation sites is 1. The van der Waals surface area contributed by atoms with Crippen LogP contribution in [0, 0.1) is 0 Å². The topological polar surface area (TPSA) is 60.5 Å². The minimum Gasteiger partial charge on any atom is -0.497 e. The number of benzene rings is 3. The molecule has 0 fully saturated rings. The number of fused-ring (bicyclic) bond motifs is 1. The smallest absolute Gasteiger partial charge is 0.497 e. The molecule has 1 amide bonds. The first-order chi connectivity index (χ1) is 16.3. The van der Waals surface area contributed by atoms with Crippen molar-refractivity contribution in [2.24, 2.45) is 0 Å². The Hall–Kier alpha value is -4.07. The van der Waals surface area contributed by atoms with Gasteiger partial charge in [-0.3, -0.25) is 9.78 Å². The van der Waals surface area contributed by atoms with Crippen LogP contribution >= 0.6 is 0 Å². The van der Waals surface area contributed by atoms with Gasteiger partial charge in [0.2, 0.25) is 5.91 Å². The summed E-state index contributed by atoms with van der Waals surface area (Å²) in [6.45, 7) is 0.196. The van der Waals surface area contributed by atoms with Gasteiger partial charge in [-0.05, 0) is 46.3 Å². The molecule has 3 aromatic carbocycles. The third kappa shape index (κ3) is 5.46. The van der Waals surface area contributed by atoms with Crippen LogP contribution in [0.4, 0.5) is 13.2 Å². The molecule has 1 heterocycles. The molecule has 0 aliphatic heterocycles. The van der Waals surface area contributed by atoms with Crippen LogP contribution in [0.3, 0.4) is 0 Å². The van der Waals surface area contributed by atoms with Gasteiger partial charge in [0.15, 0.2) is 0 Å². The largest absolute Gasteiger partial charge is 0.573 e.